The number of hydrogen-bond donors (Lipinski definition) is 2. The fourth-order valence-electron chi connectivity index (χ4n) is 2.06. The minimum atomic E-state index is -0.240. The van der Waals surface area contributed by atoms with Crippen LogP contribution in [0, 0.1) is 0 Å². The van der Waals surface area contributed by atoms with Crippen LogP contribution in [0.25, 0.3) is 0 Å². The molecular weight excluding hydrogens is 298 g/mol. The van der Waals surface area contributed by atoms with E-state index in [0.29, 0.717) is 17.3 Å². The van der Waals surface area contributed by atoms with Crippen molar-refractivity contribution >= 4 is 29.0 Å². The van der Waals surface area contributed by atoms with Crippen LogP contribution in [0.5, 0.6) is 0 Å². The Labute approximate surface area is 136 Å². The van der Waals surface area contributed by atoms with Crippen LogP contribution in [-0.4, -0.2) is 26.2 Å². The van der Waals surface area contributed by atoms with E-state index in [1.807, 2.05) is 37.4 Å². The van der Waals surface area contributed by atoms with Crippen LogP contribution in [0.4, 0.5) is 16.2 Å². The quantitative estimate of drug-likeness (QED) is 0.791. The summed E-state index contributed by atoms with van der Waals surface area (Å²) in [5.41, 5.74) is 1.78. The van der Waals surface area contributed by atoms with Gasteiger partial charge in [-0.15, -0.1) is 0 Å². The number of nitrogens with zero attached hydrogens (tertiary/aromatic N) is 1. The molecule has 0 unspecified atom stereocenters. The number of hydrogen-bond acceptors (Lipinski definition) is 2. The highest BCUT2D eigenvalue weighted by molar-refractivity contribution is 6.33. The van der Waals surface area contributed by atoms with Crippen molar-refractivity contribution in [2.24, 2.45) is 0 Å². The lowest BCUT2D eigenvalue weighted by Gasteiger charge is -2.19. The van der Waals surface area contributed by atoms with Crippen molar-refractivity contribution in [3.8, 4) is 0 Å². The molecule has 0 saturated heterocycles. The van der Waals surface area contributed by atoms with Crippen molar-refractivity contribution in [3.63, 3.8) is 0 Å². The number of anilines is 2. The Balaban J connectivity index is 1.68. The number of nitrogens with one attached hydrogen (secondary N) is 2. The first-order valence-corrected chi connectivity index (χ1v) is 7.60. The predicted octanol–water partition coefficient (Wildman–Crippen LogP) is 3.99. The van der Waals surface area contributed by atoms with Crippen LogP contribution in [-0.2, 0) is 0 Å². The maximum absolute atomic E-state index is 11.8. The Bertz CT molecular complexity index is 604. The minimum absolute atomic E-state index is 0.240. The molecule has 5 heteroatoms. The van der Waals surface area contributed by atoms with Gasteiger partial charge in [-0.1, -0.05) is 41.9 Å². The van der Waals surface area contributed by atoms with E-state index < -0.39 is 0 Å². The average Bonchev–Trinajstić information content (AvgIpc) is 2.54. The van der Waals surface area contributed by atoms with Crippen LogP contribution in [0.2, 0.25) is 5.02 Å². The highest BCUT2D eigenvalue weighted by atomic mass is 35.5. The second-order valence-corrected chi connectivity index (χ2v) is 5.38. The van der Waals surface area contributed by atoms with Gasteiger partial charge in [0.25, 0.3) is 0 Å². The second kappa shape index (κ2) is 8.29. The van der Waals surface area contributed by atoms with Gasteiger partial charge >= 0.3 is 6.03 Å². The van der Waals surface area contributed by atoms with Gasteiger partial charge in [0.2, 0.25) is 0 Å². The van der Waals surface area contributed by atoms with Gasteiger partial charge < -0.3 is 15.5 Å². The van der Waals surface area contributed by atoms with Gasteiger partial charge in [-0.25, -0.2) is 4.79 Å². The molecular formula is C17H20ClN3O. The number of benzene rings is 2. The largest absolute Gasteiger partial charge is 0.375 e. The standard InChI is InChI=1S/C17H20ClN3O/c1-21(14-8-3-2-4-9-14)13-7-12-19-17(22)20-16-11-6-5-10-15(16)18/h2-6,8-11H,7,12-13H2,1H3,(H2,19,20,22). The van der Waals surface area contributed by atoms with E-state index in [2.05, 4.69) is 27.7 Å². The molecule has 0 aromatic heterocycles. The zero-order valence-electron chi connectivity index (χ0n) is 12.6. The molecule has 0 aliphatic carbocycles. The van der Waals surface area contributed by atoms with Gasteiger partial charge in [0, 0.05) is 25.8 Å². The van der Waals surface area contributed by atoms with E-state index >= 15 is 0 Å². The number of carbonyl (C=O) groups excluding carboxylic acids is 1. The van der Waals surface area contributed by atoms with E-state index in [9.17, 15) is 4.79 Å². The molecule has 0 aliphatic rings. The molecule has 0 aliphatic heterocycles. The Morgan fingerprint density at radius 1 is 1.09 bits per heavy atom. The smallest absolute Gasteiger partial charge is 0.319 e. The maximum atomic E-state index is 11.8. The first kappa shape index (κ1) is 16.2. The third kappa shape index (κ3) is 4.97. The van der Waals surface area contributed by atoms with Crippen molar-refractivity contribution in [2.75, 3.05) is 30.4 Å². The summed E-state index contributed by atoms with van der Waals surface area (Å²) >= 11 is 5.99. The zero-order valence-corrected chi connectivity index (χ0v) is 13.3. The van der Waals surface area contributed by atoms with Crippen molar-refractivity contribution in [2.45, 2.75) is 6.42 Å². The van der Waals surface area contributed by atoms with Gasteiger partial charge in [0.15, 0.2) is 0 Å². The molecule has 0 spiro atoms. The van der Waals surface area contributed by atoms with Gasteiger partial charge in [-0.3, -0.25) is 0 Å². The summed E-state index contributed by atoms with van der Waals surface area (Å²) in [5, 5.41) is 6.09. The number of halogens is 1. The van der Waals surface area contributed by atoms with Crippen molar-refractivity contribution < 1.29 is 4.79 Å². The normalized spacial score (nSPS) is 10.1. The van der Waals surface area contributed by atoms with Crippen LogP contribution in [0.1, 0.15) is 6.42 Å². The number of para-hydroxylation sites is 2. The Morgan fingerprint density at radius 3 is 2.50 bits per heavy atom. The molecule has 4 nitrogen and oxygen atoms in total. The molecule has 0 saturated carbocycles. The minimum Gasteiger partial charge on any atom is -0.375 e. The van der Waals surface area contributed by atoms with E-state index in [1.165, 1.54) is 5.69 Å². The van der Waals surface area contributed by atoms with Gasteiger partial charge in [-0.2, -0.15) is 0 Å². The predicted molar refractivity (Wildman–Crippen MR) is 92.8 cm³/mol. The molecule has 2 N–H and O–H groups in total. The Morgan fingerprint density at radius 2 is 1.77 bits per heavy atom. The third-order valence-electron chi connectivity index (χ3n) is 3.27. The molecule has 2 amide bonds. The van der Waals surface area contributed by atoms with E-state index in [4.69, 9.17) is 11.6 Å². The molecule has 2 aromatic carbocycles. The zero-order chi connectivity index (χ0) is 15.8. The number of rotatable bonds is 6. The molecule has 116 valence electrons. The summed E-state index contributed by atoms with van der Waals surface area (Å²) in [6.45, 7) is 1.48. The van der Waals surface area contributed by atoms with E-state index in [0.717, 1.165) is 13.0 Å². The SMILES string of the molecule is CN(CCCNC(=O)Nc1ccccc1Cl)c1ccccc1. The highest BCUT2D eigenvalue weighted by Crippen LogP contribution is 2.20. The molecule has 2 rings (SSSR count). The number of urea groups is 1. The summed E-state index contributed by atoms with van der Waals surface area (Å²) in [4.78, 5) is 13.9. The summed E-state index contributed by atoms with van der Waals surface area (Å²) in [6, 6.07) is 17.1. The van der Waals surface area contributed by atoms with Gasteiger partial charge in [0.1, 0.15) is 0 Å². The topological polar surface area (TPSA) is 44.4 Å². The molecule has 0 heterocycles. The van der Waals surface area contributed by atoms with Gasteiger partial charge in [0.05, 0.1) is 10.7 Å². The molecule has 0 atom stereocenters. The fourth-order valence-corrected chi connectivity index (χ4v) is 2.24. The monoisotopic (exact) mass is 317 g/mol. The summed E-state index contributed by atoms with van der Waals surface area (Å²) in [5.74, 6) is 0. The lowest BCUT2D eigenvalue weighted by atomic mass is 10.3. The first-order chi connectivity index (χ1) is 10.7. The summed E-state index contributed by atoms with van der Waals surface area (Å²) in [6.07, 6.45) is 0.862. The van der Waals surface area contributed by atoms with Crippen molar-refractivity contribution in [1.29, 1.82) is 0 Å². The van der Waals surface area contributed by atoms with Crippen LogP contribution < -0.4 is 15.5 Å². The van der Waals surface area contributed by atoms with Crippen molar-refractivity contribution in [1.82, 2.24) is 5.32 Å². The summed E-state index contributed by atoms with van der Waals surface area (Å²) < 4.78 is 0. The maximum Gasteiger partial charge on any atom is 0.319 e. The third-order valence-corrected chi connectivity index (χ3v) is 3.60. The molecule has 2 aromatic rings. The van der Waals surface area contributed by atoms with Crippen LogP contribution in [0.15, 0.2) is 54.6 Å². The Kier molecular flexibility index (Phi) is 6.10. The molecule has 0 radical (unpaired) electrons. The Hall–Kier alpha value is -2.20. The van der Waals surface area contributed by atoms with Crippen LogP contribution >= 0.6 is 11.6 Å². The van der Waals surface area contributed by atoms with Crippen molar-refractivity contribution in [3.05, 3.63) is 59.6 Å². The number of carbonyl (C=O) groups is 1. The lowest BCUT2D eigenvalue weighted by Crippen LogP contribution is -2.31. The lowest BCUT2D eigenvalue weighted by molar-refractivity contribution is 0.252. The average molecular weight is 318 g/mol. The summed E-state index contributed by atoms with van der Waals surface area (Å²) in [7, 11) is 2.04. The molecule has 0 fully saturated rings. The second-order valence-electron chi connectivity index (χ2n) is 4.97. The van der Waals surface area contributed by atoms with E-state index in [1.54, 1.807) is 12.1 Å². The van der Waals surface area contributed by atoms with Crippen LogP contribution in [0.3, 0.4) is 0 Å². The highest BCUT2D eigenvalue weighted by Gasteiger charge is 2.04. The fraction of sp³-hybridized carbons (Fsp3) is 0.235. The first-order valence-electron chi connectivity index (χ1n) is 7.22. The van der Waals surface area contributed by atoms with Gasteiger partial charge in [-0.05, 0) is 30.7 Å². The molecule has 22 heavy (non-hydrogen) atoms. The number of amides is 2. The van der Waals surface area contributed by atoms with E-state index in [-0.39, 0.29) is 6.03 Å². The molecule has 0 bridgehead atoms.